The van der Waals surface area contributed by atoms with Gasteiger partial charge in [0.2, 0.25) is 0 Å². The van der Waals surface area contributed by atoms with E-state index < -0.39 is 0 Å². The zero-order valence-corrected chi connectivity index (χ0v) is 10.3. The maximum atomic E-state index is 11.8. The Morgan fingerprint density at radius 3 is 2.88 bits per heavy atom. The number of aromatic nitrogens is 1. The molecule has 0 spiro atoms. The van der Waals surface area contributed by atoms with Crippen LogP contribution >= 0.6 is 11.3 Å². The monoisotopic (exact) mass is 241 g/mol. The summed E-state index contributed by atoms with van der Waals surface area (Å²) in [5.41, 5.74) is 2.40. The number of esters is 1. The van der Waals surface area contributed by atoms with Crippen molar-refractivity contribution >= 4 is 17.3 Å². The van der Waals surface area contributed by atoms with E-state index in [1.54, 1.807) is 12.6 Å². The van der Waals surface area contributed by atoms with Crippen molar-refractivity contribution in [3.05, 3.63) is 16.1 Å². The number of carbonyl (C=O) groups is 1. The lowest BCUT2D eigenvalue weighted by molar-refractivity contribution is -0.0203. The third-order valence-corrected chi connectivity index (χ3v) is 3.79. The number of thiazole rings is 1. The van der Waals surface area contributed by atoms with Crippen LogP contribution in [-0.2, 0) is 9.47 Å². The lowest BCUT2D eigenvalue weighted by atomic mass is 10.2. The summed E-state index contributed by atoms with van der Waals surface area (Å²) in [6.45, 7) is 1.82. The molecule has 4 nitrogen and oxygen atoms in total. The minimum absolute atomic E-state index is 0.0529. The Morgan fingerprint density at radius 1 is 1.50 bits per heavy atom. The minimum atomic E-state index is -0.269. The molecule has 0 amide bonds. The number of methoxy groups -OCH3 is 1. The quantitative estimate of drug-likeness (QED) is 0.761. The van der Waals surface area contributed by atoms with Crippen molar-refractivity contribution in [1.29, 1.82) is 0 Å². The molecule has 0 bridgehead atoms. The van der Waals surface area contributed by atoms with Gasteiger partial charge in [-0.3, -0.25) is 0 Å². The summed E-state index contributed by atoms with van der Waals surface area (Å²) in [4.78, 5) is 16.5. The highest BCUT2D eigenvalue weighted by Gasteiger charge is 2.31. The molecule has 0 unspecified atom stereocenters. The van der Waals surface area contributed by atoms with Crippen LogP contribution in [0.4, 0.5) is 0 Å². The van der Waals surface area contributed by atoms with Crippen LogP contribution in [-0.4, -0.2) is 30.3 Å². The fourth-order valence-corrected chi connectivity index (χ4v) is 2.67. The lowest BCUT2D eigenvalue weighted by Gasteiger charge is -2.18. The van der Waals surface area contributed by atoms with E-state index in [4.69, 9.17) is 9.47 Å². The summed E-state index contributed by atoms with van der Waals surface area (Å²) < 4.78 is 10.7. The molecule has 0 radical (unpaired) electrons. The average molecular weight is 241 g/mol. The predicted molar refractivity (Wildman–Crippen MR) is 60.7 cm³/mol. The molecule has 1 fully saturated rings. The Bertz CT molecular complexity index is 377. The summed E-state index contributed by atoms with van der Waals surface area (Å²) >= 11 is 1.32. The first-order valence-corrected chi connectivity index (χ1v) is 6.24. The topological polar surface area (TPSA) is 48.4 Å². The summed E-state index contributed by atoms with van der Waals surface area (Å²) in [6.07, 6.45) is 2.87. The first kappa shape index (κ1) is 11.5. The Kier molecular flexibility index (Phi) is 3.56. The van der Waals surface area contributed by atoms with Gasteiger partial charge in [0.1, 0.15) is 11.0 Å². The zero-order chi connectivity index (χ0) is 11.5. The molecule has 1 aliphatic rings. The number of ether oxygens (including phenoxy) is 2. The molecule has 16 heavy (non-hydrogen) atoms. The van der Waals surface area contributed by atoms with E-state index in [-0.39, 0.29) is 18.2 Å². The molecule has 2 atom stereocenters. The standard InChI is InChI=1S/C11H15NO3S/c1-7-10(16-6-12-7)11(13)15-9-5-3-4-8(9)14-2/h6,8-9H,3-5H2,1-2H3/t8-,9-/m0/s1. The highest BCUT2D eigenvalue weighted by molar-refractivity contribution is 7.11. The van der Waals surface area contributed by atoms with E-state index in [2.05, 4.69) is 4.98 Å². The zero-order valence-electron chi connectivity index (χ0n) is 9.43. The molecular formula is C11H15NO3S. The normalized spacial score (nSPS) is 24.6. The Labute approximate surface area is 98.6 Å². The molecule has 1 aliphatic carbocycles. The van der Waals surface area contributed by atoms with Crippen molar-refractivity contribution in [2.75, 3.05) is 7.11 Å². The van der Waals surface area contributed by atoms with Gasteiger partial charge >= 0.3 is 5.97 Å². The van der Waals surface area contributed by atoms with E-state index >= 15 is 0 Å². The number of rotatable bonds is 3. The number of aryl methyl sites for hydroxylation is 1. The van der Waals surface area contributed by atoms with Gasteiger partial charge in [0.25, 0.3) is 0 Å². The highest BCUT2D eigenvalue weighted by atomic mass is 32.1. The van der Waals surface area contributed by atoms with Crippen LogP contribution in [0.5, 0.6) is 0 Å². The predicted octanol–water partition coefficient (Wildman–Crippen LogP) is 2.18. The van der Waals surface area contributed by atoms with Gasteiger partial charge in [-0.25, -0.2) is 9.78 Å². The van der Waals surface area contributed by atoms with Gasteiger partial charge in [0.15, 0.2) is 0 Å². The number of hydrogen-bond donors (Lipinski definition) is 0. The van der Waals surface area contributed by atoms with Crippen LogP contribution in [0.25, 0.3) is 0 Å². The van der Waals surface area contributed by atoms with Crippen molar-refractivity contribution in [3.63, 3.8) is 0 Å². The summed E-state index contributed by atoms with van der Waals surface area (Å²) in [7, 11) is 1.66. The number of carbonyl (C=O) groups excluding carboxylic acids is 1. The van der Waals surface area contributed by atoms with Crippen LogP contribution in [0.3, 0.4) is 0 Å². The fourth-order valence-electron chi connectivity index (χ4n) is 1.99. The van der Waals surface area contributed by atoms with E-state index in [1.807, 2.05) is 6.92 Å². The van der Waals surface area contributed by atoms with Crippen LogP contribution < -0.4 is 0 Å². The maximum absolute atomic E-state index is 11.8. The molecule has 0 aliphatic heterocycles. The molecule has 5 heteroatoms. The Hall–Kier alpha value is -0.940. The van der Waals surface area contributed by atoms with Gasteiger partial charge in [0.05, 0.1) is 17.3 Å². The SMILES string of the molecule is CO[C@H]1CCC[C@@H]1OC(=O)c1scnc1C. The first-order valence-electron chi connectivity index (χ1n) is 5.36. The maximum Gasteiger partial charge on any atom is 0.350 e. The molecule has 1 aromatic heterocycles. The van der Waals surface area contributed by atoms with Gasteiger partial charge < -0.3 is 9.47 Å². The van der Waals surface area contributed by atoms with Gasteiger partial charge in [-0.05, 0) is 26.2 Å². The average Bonchev–Trinajstić information content (AvgIpc) is 2.86. The summed E-state index contributed by atoms with van der Waals surface area (Å²) in [5.74, 6) is -0.269. The van der Waals surface area contributed by atoms with Crippen molar-refractivity contribution in [3.8, 4) is 0 Å². The fraction of sp³-hybridized carbons (Fsp3) is 0.636. The molecule has 0 saturated heterocycles. The van der Waals surface area contributed by atoms with Crippen molar-refractivity contribution in [1.82, 2.24) is 4.98 Å². The summed E-state index contributed by atoms with van der Waals surface area (Å²) in [6, 6.07) is 0. The first-order chi connectivity index (χ1) is 7.72. The van der Waals surface area contributed by atoms with E-state index in [9.17, 15) is 4.79 Å². The molecule has 0 aromatic carbocycles. The van der Waals surface area contributed by atoms with Gasteiger partial charge in [-0.1, -0.05) is 0 Å². The third kappa shape index (κ3) is 2.25. The Balaban J connectivity index is 2.00. The van der Waals surface area contributed by atoms with Gasteiger partial charge in [-0.2, -0.15) is 0 Å². The van der Waals surface area contributed by atoms with Gasteiger partial charge in [-0.15, -0.1) is 11.3 Å². The van der Waals surface area contributed by atoms with E-state index in [1.165, 1.54) is 11.3 Å². The molecular weight excluding hydrogens is 226 g/mol. The second-order valence-corrected chi connectivity index (χ2v) is 4.77. The second kappa shape index (κ2) is 4.93. The van der Waals surface area contributed by atoms with Crippen molar-refractivity contribution in [2.45, 2.75) is 38.4 Å². The molecule has 2 rings (SSSR count). The third-order valence-electron chi connectivity index (χ3n) is 2.88. The van der Waals surface area contributed by atoms with Crippen molar-refractivity contribution < 1.29 is 14.3 Å². The minimum Gasteiger partial charge on any atom is -0.455 e. The highest BCUT2D eigenvalue weighted by Crippen LogP contribution is 2.26. The molecule has 1 aromatic rings. The molecule has 1 saturated carbocycles. The lowest BCUT2D eigenvalue weighted by Crippen LogP contribution is -2.27. The number of hydrogen-bond acceptors (Lipinski definition) is 5. The van der Waals surface area contributed by atoms with Crippen LogP contribution in [0.15, 0.2) is 5.51 Å². The second-order valence-electron chi connectivity index (χ2n) is 3.92. The molecule has 0 N–H and O–H groups in total. The number of nitrogens with zero attached hydrogens (tertiary/aromatic N) is 1. The Morgan fingerprint density at radius 2 is 2.25 bits per heavy atom. The van der Waals surface area contributed by atoms with E-state index in [0.29, 0.717) is 4.88 Å². The van der Waals surface area contributed by atoms with Crippen LogP contribution in [0.2, 0.25) is 0 Å². The van der Waals surface area contributed by atoms with Crippen LogP contribution in [0.1, 0.15) is 34.6 Å². The van der Waals surface area contributed by atoms with E-state index in [0.717, 1.165) is 25.0 Å². The van der Waals surface area contributed by atoms with Crippen LogP contribution in [0, 0.1) is 6.92 Å². The largest absolute Gasteiger partial charge is 0.455 e. The smallest absolute Gasteiger partial charge is 0.350 e. The summed E-state index contributed by atoms with van der Waals surface area (Å²) in [5, 5.41) is 0. The van der Waals surface area contributed by atoms with Gasteiger partial charge in [0, 0.05) is 7.11 Å². The van der Waals surface area contributed by atoms with Crippen molar-refractivity contribution in [2.24, 2.45) is 0 Å². The molecule has 1 heterocycles. The molecule has 88 valence electrons.